The summed E-state index contributed by atoms with van der Waals surface area (Å²) >= 11 is 12.0. The van der Waals surface area contributed by atoms with Crippen LogP contribution in [0.2, 0.25) is 10.0 Å². The molecule has 146 valence electrons. The number of nitrogens with zero attached hydrogens (tertiary/aromatic N) is 1. The highest BCUT2D eigenvalue weighted by atomic mass is 35.5. The minimum atomic E-state index is -4.12. The van der Waals surface area contributed by atoms with E-state index in [-0.39, 0.29) is 26.4 Å². The number of aryl methyl sites for hydroxylation is 1. The fraction of sp³-hybridized carbons (Fsp3) is 0.278. The topological polar surface area (TPSA) is 75.7 Å². The molecule has 0 saturated heterocycles. The Morgan fingerprint density at radius 1 is 1.15 bits per heavy atom. The summed E-state index contributed by atoms with van der Waals surface area (Å²) in [6, 6.07) is 9.19. The first kappa shape index (κ1) is 21.3. The summed E-state index contributed by atoms with van der Waals surface area (Å²) in [7, 11) is -2.73. The zero-order valence-corrected chi connectivity index (χ0v) is 17.5. The van der Waals surface area contributed by atoms with Crippen LogP contribution in [0.15, 0.2) is 41.3 Å². The lowest BCUT2D eigenvalue weighted by Gasteiger charge is -2.25. The second kappa shape index (κ2) is 8.82. The normalized spacial score (nSPS) is 11.1. The molecule has 0 saturated carbocycles. The number of sulfonamides is 1. The predicted molar refractivity (Wildman–Crippen MR) is 107 cm³/mol. The molecule has 6 nitrogen and oxygen atoms in total. The van der Waals surface area contributed by atoms with Crippen LogP contribution >= 0.6 is 23.2 Å². The van der Waals surface area contributed by atoms with E-state index >= 15 is 0 Å². The van der Waals surface area contributed by atoms with Crippen molar-refractivity contribution >= 4 is 44.8 Å². The highest BCUT2D eigenvalue weighted by Crippen LogP contribution is 2.33. The smallest absolute Gasteiger partial charge is 0.268 e. The van der Waals surface area contributed by atoms with Gasteiger partial charge < -0.3 is 10.1 Å². The quantitative estimate of drug-likeness (QED) is 0.727. The van der Waals surface area contributed by atoms with Crippen LogP contribution in [0.1, 0.15) is 12.5 Å². The summed E-state index contributed by atoms with van der Waals surface area (Å²) in [4.78, 5) is 12.1. The third-order valence-electron chi connectivity index (χ3n) is 3.74. The number of carbonyl (C=O) groups is 1. The Labute approximate surface area is 169 Å². The molecular formula is C18H20Cl2N2O4S. The maximum absolute atomic E-state index is 13.4. The first-order valence-electron chi connectivity index (χ1n) is 8.09. The number of rotatable bonds is 7. The van der Waals surface area contributed by atoms with E-state index in [0.29, 0.717) is 6.54 Å². The van der Waals surface area contributed by atoms with E-state index in [2.05, 4.69) is 5.32 Å². The lowest BCUT2D eigenvalue weighted by molar-refractivity contribution is -0.119. The van der Waals surface area contributed by atoms with Gasteiger partial charge >= 0.3 is 0 Å². The van der Waals surface area contributed by atoms with Gasteiger partial charge in [-0.2, -0.15) is 0 Å². The number of benzene rings is 2. The second-order valence-electron chi connectivity index (χ2n) is 5.72. The molecule has 0 aliphatic carbocycles. The van der Waals surface area contributed by atoms with Crippen molar-refractivity contribution in [2.45, 2.75) is 18.7 Å². The summed E-state index contributed by atoms with van der Waals surface area (Å²) in [5.41, 5.74) is 0.959. The average Bonchev–Trinajstić information content (AvgIpc) is 2.62. The third kappa shape index (κ3) is 4.86. The SMILES string of the molecule is CCNC(=O)CN(c1ccc(Cl)c(Cl)c1)S(=O)(=O)c1cc(C)ccc1OC. The van der Waals surface area contributed by atoms with Gasteiger partial charge in [-0.1, -0.05) is 29.3 Å². The van der Waals surface area contributed by atoms with Gasteiger partial charge in [0.1, 0.15) is 17.2 Å². The van der Waals surface area contributed by atoms with E-state index in [4.69, 9.17) is 27.9 Å². The molecule has 0 fully saturated rings. The van der Waals surface area contributed by atoms with E-state index in [9.17, 15) is 13.2 Å². The molecule has 0 aliphatic rings. The molecule has 27 heavy (non-hydrogen) atoms. The molecule has 0 atom stereocenters. The van der Waals surface area contributed by atoms with Crippen LogP contribution in [0, 0.1) is 6.92 Å². The Morgan fingerprint density at radius 2 is 1.85 bits per heavy atom. The number of amides is 1. The van der Waals surface area contributed by atoms with Crippen LogP contribution < -0.4 is 14.4 Å². The lowest BCUT2D eigenvalue weighted by atomic mass is 10.2. The predicted octanol–water partition coefficient (Wildman–Crippen LogP) is 3.64. The maximum atomic E-state index is 13.4. The van der Waals surface area contributed by atoms with Crippen molar-refractivity contribution in [1.82, 2.24) is 5.32 Å². The number of halogens is 2. The van der Waals surface area contributed by atoms with Gasteiger partial charge in [0.25, 0.3) is 10.0 Å². The Kier molecular flexibility index (Phi) is 6.97. The first-order chi connectivity index (χ1) is 12.7. The van der Waals surface area contributed by atoms with Gasteiger partial charge in [0.05, 0.1) is 22.8 Å². The van der Waals surface area contributed by atoms with Crippen LogP contribution in [0.3, 0.4) is 0 Å². The van der Waals surface area contributed by atoms with Crippen molar-refractivity contribution in [3.8, 4) is 5.75 Å². The number of methoxy groups -OCH3 is 1. The molecule has 0 bridgehead atoms. The molecule has 0 aliphatic heterocycles. The maximum Gasteiger partial charge on any atom is 0.268 e. The highest BCUT2D eigenvalue weighted by Gasteiger charge is 2.30. The molecule has 1 N–H and O–H groups in total. The molecule has 2 aromatic rings. The molecule has 0 aromatic heterocycles. The largest absolute Gasteiger partial charge is 0.495 e. The van der Waals surface area contributed by atoms with Gasteiger partial charge in [-0.15, -0.1) is 0 Å². The number of hydrogen-bond acceptors (Lipinski definition) is 4. The van der Waals surface area contributed by atoms with Gasteiger partial charge in [0, 0.05) is 6.54 Å². The van der Waals surface area contributed by atoms with Crippen LogP contribution in [0.4, 0.5) is 5.69 Å². The monoisotopic (exact) mass is 430 g/mol. The van der Waals surface area contributed by atoms with E-state index < -0.39 is 22.5 Å². The summed E-state index contributed by atoms with van der Waals surface area (Å²) in [6.45, 7) is 3.48. The standard InChI is InChI=1S/C18H20Cl2N2O4S/c1-4-21-18(23)11-22(13-6-7-14(19)15(20)10-13)27(24,25)17-9-12(2)5-8-16(17)26-3/h5-10H,4,11H2,1-3H3,(H,21,23). The van der Waals surface area contributed by atoms with Gasteiger partial charge in [-0.25, -0.2) is 8.42 Å². The summed E-state index contributed by atoms with van der Waals surface area (Å²) in [6.07, 6.45) is 0. The fourth-order valence-electron chi connectivity index (χ4n) is 2.44. The Bertz CT molecular complexity index is 948. The average molecular weight is 431 g/mol. The van der Waals surface area contributed by atoms with Crippen LogP contribution in [-0.2, 0) is 14.8 Å². The Balaban J connectivity index is 2.62. The summed E-state index contributed by atoms with van der Waals surface area (Å²) < 4.78 is 33.0. The number of ether oxygens (including phenoxy) is 1. The number of carbonyl (C=O) groups excluding carboxylic acids is 1. The first-order valence-corrected chi connectivity index (χ1v) is 10.3. The van der Waals surface area contributed by atoms with Crippen molar-refractivity contribution in [1.29, 1.82) is 0 Å². The minimum absolute atomic E-state index is 0.0413. The van der Waals surface area contributed by atoms with E-state index in [1.165, 1.54) is 31.4 Å². The Hall–Kier alpha value is -1.96. The summed E-state index contributed by atoms with van der Waals surface area (Å²) in [5.74, 6) is -0.264. The molecule has 2 aromatic carbocycles. The molecule has 1 amide bonds. The van der Waals surface area contributed by atoms with Crippen LogP contribution in [0.25, 0.3) is 0 Å². The minimum Gasteiger partial charge on any atom is -0.495 e. The van der Waals surface area contributed by atoms with E-state index in [1.807, 2.05) is 0 Å². The number of anilines is 1. The van der Waals surface area contributed by atoms with Crippen molar-refractivity contribution in [3.05, 3.63) is 52.0 Å². The van der Waals surface area contributed by atoms with Crippen molar-refractivity contribution in [2.24, 2.45) is 0 Å². The van der Waals surface area contributed by atoms with E-state index in [0.717, 1.165) is 9.87 Å². The van der Waals surface area contributed by atoms with Crippen molar-refractivity contribution in [2.75, 3.05) is 24.5 Å². The molecule has 2 rings (SSSR count). The zero-order valence-electron chi connectivity index (χ0n) is 15.1. The van der Waals surface area contributed by atoms with Gasteiger partial charge in [0.15, 0.2) is 0 Å². The highest BCUT2D eigenvalue weighted by molar-refractivity contribution is 7.93. The van der Waals surface area contributed by atoms with Gasteiger partial charge in [0.2, 0.25) is 5.91 Å². The number of nitrogens with one attached hydrogen (secondary N) is 1. The molecule has 0 spiro atoms. The fourth-order valence-corrected chi connectivity index (χ4v) is 4.39. The van der Waals surface area contributed by atoms with Gasteiger partial charge in [-0.05, 0) is 49.7 Å². The number of likely N-dealkylation sites (N-methyl/N-ethyl adjacent to an activating group) is 1. The van der Waals surface area contributed by atoms with Gasteiger partial charge in [-0.3, -0.25) is 9.10 Å². The third-order valence-corrected chi connectivity index (χ3v) is 6.27. The Morgan fingerprint density at radius 3 is 2.44 bits per heavy atom. The molecule has 0 heterocycles. The van der Waals surface area contributed by atoms with Crippen LogP contribution in [-0.4, -0.2) is 34.5 Å². The number of hydrogen-bond donors (Lipinski definition) is 1. The van der Waals surface area contributed by atoms with Crippen molar-refractivity contribution < 1.29 is 17.9 Å². The molecule has 0 radical (unpaired) electrons. The zero-order chi connectivity index (χ0) is 20.2. The molecule has 9 heteroatoms. The van der Waals surface area contributed by atoms with E-state index in [1.54, 1.807) is 26.0 Å². The second-order valence-corrected chi connectivity index (χ2v) is 8.36. The summed E-state index contributed by atoms with van der Waals surface area (Å²) in [5, 5.41) is 3.06. The van der Waals surface area contributed by atoms with Crippen molar-refractivity contribution in [3.63, 3.8) is 0 Å². The lowest BCUT2D eigenvalue weighted by Crippen LogP contribution is -2.41. The molecule has 0 unspecified atom stereocenters. The molecular weight excluding hydrogens is 411 g/mol. The van der Waals surface area contributed by atoms with Crippen LogP contribution in [0.5, 0.6) is 5.75 Å².